The van der Waals surface area contributed by atoms with Gasteiger partial charge in [0.05, 0.1) is 11.7 Å². The van der Waals surface area contributed by atoms with E-state index in [2.05, 4.69) is 28.5 Å². The summed E-state index contributed by atoms with van der Waals surface area (Å²) in [6.07, 6.45) is 1.54. The normalized spacial score (nSPS) is 17.0. The van der Waals surface area contributed by atoms with Crippen molar-refractivity contribution in [3.05, 3.63) is 65.9 Å². The number of rotatable bonds is 4. The first-order valence-corrected chi connectivity index (χ1v) is 8.57. The first-order valence-electron chi connectivity index (χ1n) is 8.57. The van der Waals surface area contributed by atoms with E-state index in [-0.39, 0.29) is 23.6 Å². The summed E-state index contributed by atoms with van der Waals surface area (Å²) in [6, 6.07) is 14.0. The lowest BCUT2D eigenvalue weighted by Gasteiger charge is -2.18. The van der Waals surface area contributed by atoms with Crippen molar-refractivity contribution in [3.8, 4) is 0 Å². The lowest BCUT2D eigenvalue weighted by Crippen LogP contribution is -2.37. The second kappa shape index (κ2) is 6.63. The van der Waals surface area contributed by atoms with Gasteiger partial charge in [-0.05, 0) is 23.3 Å². The second-order valence-electron chi connectivity index (χ2n) is 6.55. The number of nitrogens with one attached hydrogen (secondary N) is 1. The van der Waals surface area contributed by atoms with Crippen LogP contribution < -0.4 is 5.32 Å². The van der Waals surface area contributed by atoms with Gasteiger partial charge >= 0.3 is 0 Å². The molecule has 2 amide bonds. The molecule has 1 saturated heterocycles. The van der Waals surface area contributed by atoms with Crippen molar-refractivity contribution in [2.24, 2.45) is 0 Å². The van der Waals surface area contributed by atoms with E-state index in [0.29, 0.717) is 25.2 Å². The Bertz CT molecular complexity index is 974. The van der Waals surface area contributed by atoms with E-state index in [1.165, 1.54) is 6.39 Å². The van der Waals surface area contributed by atoms with Crippen LogP contribution in [0.2, 0.25) is 0 Å². The molecule has 1 aliphatic heterocycles. The Kier molecular flexibility index (Phi) is 4.16. The third-order valence-corrected chi connectivity index (χ3v) is 4.74. The lowest BCUT2D eigenvalue weighted by atomic mass is 10.0. The highest BCUT2D eigenvalue weighted by atomic mass is 16.3. The molecule has 1 aliphatic rings. The molecule has 0 saturated carbocycles. The molecule has 0 radical (unpaired) electrons. The highest BCUT2D eigenvalue weighted by Crippen LogP contribution is 2.22. The summed E-state index contributed by atoms with van der Waals surface area (Å²) < 4.78 is 5.11. The van der Waals surface area contributed by atoms with Crippen molar-refractivity contribution in [1.29, 1.82) is 0 Å². The van der Waals surface area contributed by atoms with Crippen LogP contribution in [0.5, 0.6) is 0 Å². The first-order chi connectivity index (χ1) is 12.6. The minimum atomic E-state index is -0.329. The van der Waals surface area contributed by atoms with E-state index in [1.54, 1.807) is 11.8 Å². The number of aromatic nitrogens is 1. The van der Waals surface area contributed by atoms with Gasteiger partial charge in [-0.1, -0.05) is 42.5 Å². The van der Waals surface area contributed by atoms with Crippen molar-refractivity contribution >= 4 is 22.6 Å². The maximum absolute atomic E-state index is 12.4. The molecule has 132 valence electrons. The summed E-state index contributed by atoms with van der Waals surface area (Å²) in [5.41, 5.74) is 1.65. The van der Waals surface area contributed by atoms with E-state index in [1.807, 2.05) is 24.3 Å². The number of hydrogen-bond donors (Lipinski definition) is 1. The lowest BCUT2D eigenvalue weighted by molar-refractivity contribution is -0.128. The molecule has 2 heterocycles. The molecule has 0 spiro atoms. The van der Waals surface area contributed by atoms with Gasteiger partial charge in [0.25, 0.3) is 5.91 Å². The van der Waals surface area contributed by atoms with Crippen molar-refractivity contribution in [2.45, 2.75) is 25.9 Å². The Morgan fingerprint density at radius 2 is 2.08 bits per heavy atom. The van der Waals surface area contributed by atoms with Crippen LogP contribution in [0.1, 0.15) is 28.2 Å². The number of carbonyl (C=O) groups is 2. The molecule has 2 aromatic carbocycles. The SMILES string of the molecule is Cc1ncoc1C(=O)N[C@H]1CC(=O)N(Cc2cccc3ccccc23)C1. The zero-order chi connectivity index (χ0) is 18.1. The van der Waals surface area contributed by atoms with Crippen LogP contribution in [0.3, 0.4) is 0 Å². The van der Waals surface area contributed by atoms with Gasteiger partial charge in [-0.3, -0.25) is 9.59 Å². The average molecular weight is 349 g/mol. The van der Waals surface area contributed by atoms with E-state index < -0.39 is 0 Å². The standard InChI is InChI=1S/C20H19N3O3/c1-13-19(26-12-21-13)20(25)22-16-9-18(24)23(11-16)10-15-7-4-6-14-5-2-3-8-17(14)15/h2-8,12,16H,9-11H2,1H3,(H,22,25)/t16-/m0/s1. The number of hydrogen-bond acceptors (Lipinski definition) is 4. The molecule has 6 heteroatoms. The Morgan fingerprint density at radius 3 is 2.88 bits per heavy atom. The topological polar surface area (TPSA) is 75.4 Å². The molecule has 1 N–H and O–H groups in total. The zero-order valence-electron chi connectivity index (χ0n) is 14.4. The number of likely N-dealkylation sites (tertiary alicyclic amines) is 1. The fraction of sp³-hybridized carbons (Fsp3) is 0.250. The van der Waals surface area contributed by atoms with Crippen LogP contribution in [0, 0.1) is 6.92 Å². The molecule has 4 rings (SSSR count). The summed E-state index contributed by atoms with van der Waals surface area (Å²) in [6.45, 7) is 2.74. The fourth-order valence-electron chi connectivity index (χ4n) is 3.43. The summed E-state index contributed by atoms with van der Waals surface area (Å²) >= 11 is 0. The monoisotopic (exact) mass is 349 g/mol. The Balaban J connectivity index is 1.46. The van der Waals surface area contributed by atoms with Crippen molar-refractivity contribution in [3.63, 3.8) is 0 Å². The number of oxazole rings is 1. The molecule has 0 bridgehead atoms. The third kappa shape index (κ3) is 3.06. The number of benzene rings is 2. The van der Waals surface area contributed by atoms with E-state index in [4.69, 9.17) is 4.42 Å². The number of amides is 2. The van der Waals surface area contributed by atoms with Crippen LogP contribution in [-0.2, 0) is 11.3 Å². The molecular formula is C20H19N3O3. The quantitative estimate of drug-likeness (QED) is 0.786. The number of aryl methyl sites for hydroxylation is 1. The molecule has 6 nitrogen and oxygen atoms in total. The highest BCUT2D eigenvalue weighted by Gasteiger charge is 2.31. The highest BCUT2D eigenvalue weighted by molar-refractivity contribution is 5.93. The van der Waals surface area contributed by atoms with Gasteiger partial charge in [0, 0.05) is 19.5 Å². The largest absolute Gasteiger partial charge is 0.438 e. The van der Waals surface area contributed by atoms with Gasteiger partial charge in [-0.15, -0.1) is 0 Å². The molecule has 0 aliphatic carbocycles. The average Bonchev–Trinajstić information content (AvgIpc) is 3.21. The maximum Gasteiger partial charge on any atom is 0.289 e. The predicted molar refractivity (Wildman–Crippen MR) is 96.5 cm³/mol. The second-order valence-corrected chi connectivity index (χ2v) is 6.55. The summed E-state index contributed by atoms with van der Waals surface area (Å²) in [7, 11) is 0. The van der Waals surface area contributed by atoms with Gasteiger partial charge in [-0.25, -0.2) is 4.98 Å². The summed E-state index contributed by atoms with van der Waals surface area (Å²) in [4.78, 5) is 30.4. The van der Waals surface area contributed by atoms with Crippen LogP contribution in [0.4, 0.5) is 0 Å². The maximum atomic E-state index is 12.4. The Hall–Kier alpha value is -3.15. The molecule has 3 aromatic rings. The fourth-order valence-corrected chi connectivity index (χ4v) is 3.43. The Labute approximate surface area is 150 Å². The van der Waals surface area contributed by atoms with Gasteiger partial charge in [-0.2, -0.15) is 0 Å². The van der Waals surface area contributed by atoms with Crippen LogP contribution in [0.25, 0.3) is 10.8 Å². The minimum Gasteiger partial charge on any atom is -0.438 e. The molecule has 1 fully saturated rings. The van der Waals surface area contributed by atoms with Crippen molar-refractivity contribution < 1.29 is 14.0 Å². The molecule has 26 heavy (non-hydrogen) atoms. The third-order valence-electron chi connectivity index (χ3n) is 4.74. The van der Waals surface area contributed by atoms with Gasteiger partial charge in [0.2, 0.25) is 11.7 Å². The number of carbonyl (C=O) groups excluding carboxylic acids is 2. The molecular weight excluding hydrogens is 330 g/mol. The number of nitrogens with zero attached hydrogens (tertiary/aromatic N) is 2. The van der Waals surface area contributed by atoms with E-state index >= 15 is 0 Å². The minimum absolute atomic E-state index is 0.0394. The molecule has 0 unspecified atom stereocenters. The zero-order valence-corrected chi connectivity index (χ0v) is 14.4. The van der Waals surface area contributed by atoms with Gasteiger partial charge in [0.15, 0.2) is 6.39 Å². The number of fused-ring (bicyclic) bond motifs is 1. The van der Waals surface area contributed by atoms with Crippen LogP contribution in [-0.4, -0.2) is 34.3 Å². The van der Waals surface area contributed by atoms with Gasteiger partial charge < -0.3 is 14.6 Å². The van der Waals surface area contributed by atoms with Crippen LogP contribution in [0.15, 0.2) is 53.3 Å². The first kappa shape index (κ1) is 16.3. The predicted octanol–water partition coefficient (Wildman–Crippen LogP) is 2.67. The summed E-state index contributed by atoms with van der Waals surface area (Å²) in [5, 5.41) is 5.17. The van der Waals surface area contributed by atoms with E-state index in [0.717, 1.165) is 16.3 Å². The van der Waals surface area contributed by atoms with Crippen molar-refractivity contribution in [1.82, 2.24) is 15.2 Å². The Morgan fingerprint density at radius 1 is 1.27 bits per heavy atom. The molecule has 1 atom stereocenters. The van der Waals surface area contributed by atoms with Crippen molar-refractivity contribution in [2.75, 3.05) is 6.54 Å². The smallest absolute Gasteiger partial charge is 0.289 e. The summed E-state index contributed by atoms with van der Waals surface area (Å²) in [5.74, 6) is -0.0905. The van der Waals surface area contributed by atoms with Crippen LogP contribution >= 0.6 is 0 Å². The van der Waals surface area contributed by atoms with E-state index in [9.17, 15) is 9.59 Å². The van der Waals surface area contributed by atoms with Gasteiger partial charge in [0.1, 0.15) is 0 Å². The molecule has 1 aromatic heterocycles.